The van der Waals surface area contributed by atoms with E-state index in [-0.39, 0.29) is 5.91 Å². The second-order valence-corrected chi connectivity index (χ2v) is 4.94. The van der Waals surface area contributed by atoms with Gasteiger partial charge in [0.2, 0.25) is 5.76 Å². The van der Waals surface area contributed by atoms with Crippen molar-refractivity contribution < 1.29 is 9.32 Å². The highest BCUT2D eigenvalue weighted by molar-refractivity contribution is 5.92. The summed E-state index contributed by atoms with van der Waals surface area (Å²) >= 11 is 0. The smallest absolute Gasteiger partial charge is 0.292 e. The molecule has 1 amide bonds. The number of nitrogens with zero attached hydrogens (tertiary/aromatic N) is 2. The van der Waals surface area contributed by atoms with Gasteiger partial charge in [0.15, 0.2) is 0 Å². The van der Waals surface area contributed by atoms with Crippen LogP contribution in [-0.4, -0.2) is 41.6 Å². The van der Waals surface area contributed by atoms with Crippen LogP contribution in [0, 0.1) is 12.8 Å². The molecule has 0 radical (unpaired) electrons. The summed E-state index contributed by atoms with van der Waals surface area (Å²) in [6.45, 7) is 4.65. The maximum atomic E-state index is 12.3. The number of likely N-dealkylation sites (tertiary alicyclic amines) is 1. The molecule has 2 unspecified atom stereocenters. The Morgan fingerprint density at radius 2 is 2.47 bits per heavy atom. The fourth-order valence-electron chi connectivity index (χ4n) is 2.93. The van der Waals surface area contributed by atoms with Crippen molar-refractivity contribution in [1.82, 2.24) is 15.4 Å². The van der Waals surface area contributed by atoms with Crippen molar-refractivity contribution >= 4 is 5.91 Å². The van der Waals surface area contributed by atoms with E-state index in [1.165, 1.54) is 6.42 Å². The Morgan fingerprint density at radius 3 is 3.24 bits per heavy atom. The average molecular weight is 235 g/mol. The van der Waals surface area contributed by atoms with Crippen LogP contribution in [0.2, 0.25) is 0 Å². The Hall–Kier alpha value is -1.36. The lowest BCUT2D eigenvalue weighted by molar-refractivity contribution is 0.0661. The molecular weight excluding hydrogens is 218 g/mol. The van der Waals surface area contributed by atoms with Gasteiger partial charge in [-0.3, -0.25) is 4.79 Å². The lowest BCUT2D eigenvalue weighted by atomic mass is 9.93. The van der Waals surface area contributed by atoms with Crippen molar-refractivity contribution in [2.24, 2.45) is 5.92 Å². The molecule has 2 atom stereocenters. The largest absolute Gasteiger partial charge is 0.351 e. The molecule has 1 aromatic rings. The lowest BCUT2D eigenvalue weighted by Gasteiger charge is -2.31. The standard InChI is InChI=1S/C12H17N3O2/c1-8-6-11(17-14-8)12(16)15-5-3-9-2-4-13-7-10(9)15/h6,9-10,13H,2-5,7H2,1H3. The van der Waals surface area contributed by atoms with Gasteiger partial charge in [-0.25, -0.2) is 0 Å². The van der Waals surface area contributed by atoms with Crippen molar-refractivity contribution in [2.75, 3.05) is 19.6 Å². The number of rotatable bonds is 1. The molecule has 5 nitrogen and oxygen atoms in total. The van der Waals surface area contributed by atoms with Gasteiger partial charge in [-0.2, -0.15) is 0 Å². The number of fused-ring (bicyclic) bond motifs is 1. The maximum Gasteiger partial charge on any atom is 0.292 e. The van der Waals surface area contributed by atoms with Gasteiger partial charge in [0.1, 0.15) is 0 Å². The highest BCUT2D eigenvalue weighted by atomic mass is 16.5. The van der Waals surface area contributed by atoms with Gasteiger partial charge in [0.25, 0.3) is 5.91 Å². The van der Waals surface area contributed by atoms with E-state index in [0.29, 0.717) is 17.7 Å². The minimum Gasteiger partial charge on any atom is -0.351 e. The Balaban J connectivity index is 1.78. The molecule has 5 heteroatoms. The highest BCUT2D eigenvalue weighted by Crippen LogP contribution is 2.30. The van der Waals surface area contributed by atoms with Crippen molar-refractivity contribution in [3.63, 3.8) is 0 Å². The summed E-state index contributed by atoms with van der Waals surface area (Å²) in [5, 5.41) is 7.13. The molecular formula is C12H17N3O2. The van der Waals surface area contributed by atoms with Crippen LogP contribution < -0.4 is 5.32 Å². The van der Waals surface area contributed by atoms with Gasteiger partial charge in [-0.05, 0) is 32.2 Å². The molecule has 2 saturated heterocycles. The van der Waals surface area contributed by atoms with Crippen LogP contribution in [0.4, 0.5) is 0 Å². The van der Waals surface area contributed by atoms with Crippen molar-refractivity contribution in [2.45, 2.75) is 25.8 Å². The van der Waals surface area contributed by atoms with Gasteiger partial charge < -0.3 is 14.7 Å². The quantitative estimate of drug-likeness (QED) is 0.782. The van der Waals surface area contributed by atoms with Gasteiger partial charge >= 0.3 is 0 Å². The van der Waals surface area contributed by atoms with Crippen LogP contribution in [0.3, 0.4) is 0 Å². The van der Waals surface area contributed by atoms with Crippen molar-refractivity contribution in [3.8, 4) is 0 Å². The summed E-state index contributed by atoms with van der Waals surface area (Å²) in [5.41, 5.74) is 0.755. The summed E-state index contributed by atoms with van der Waals surface area (Å²) in [4.78, 5) is 14.2. The number of hydrogen-bond acceptors (Lipinski definition) is 4. The van der Waals surface area contributed by atoms with E-state index in [0.717, 1.165) is 31.7 Å². The number of aromatic nitrogens is 1. The first-order valence-electron chi connectivity index (χ1n) is 6.20. The number of piperidine rings is 1. The molecule has 1 aromatic heterocycles. The molecule has 3 heterocycles. The number of hydrogen-bond donors (Lipinski definition) is 1. The molecule has 3 rings (SSSR count). The average Bonchev–Trinajstić information content (AvgIpc) is 2.94. The molecule has 2 aliphatic heterocycles. The highest BCUT2D eigenvalue weighted by Gasteiger charge is 2.39. The number of aryl methyl sites for hydroxylation is 1. The van der Waals surface area contributed by atoms with E-state index in [1.54, 1.807) is 6.07 Å². The molecule has 0 spiro atoms. The zero-order valence-corrected chi connectivity index (χ0v) is 9.98. The normalized spacial score (nSPS) is 28.2. The van der Waals surface area contributed by atoms with Gasteiger partial charge in [0, 0.05) is 25.2 Å². The first kappa shape index (κ1) is 10.8. The zero-order chi connectivity index (χ0) is 11.8. The fourth-order valence-corrected chi connectivity index (χ4v) is 2.93. The van der Waals surface area contributed by atoms with E-state index >= 15 is 0 Å². The van der Waals surface area contributed by atoms with E-state index in [1.807, 2.05) is 11.8 Å². The van der Waals surface area contributed by atoms with Crippen LogP contribution in [-0.2, 0) is 0 Å². The van der Waals surface area contributed by atoms with Crippen LogP contribution in [0.15, 0.2) is 10.6 Å². The summed E-state index contributed by atoms with van der Waals surface area (Å²) in [7, 11) is 0. The van der Waals surface area contributed by atoms with E-state index in [2.05, 4.69) is 10.5 Å². The number of carbonyl (C=O) groups excluding carboxylic acids is 1. The molecule has 2 aliphatic rings. The number of amides is 1. The number of carbonyl (C=O) groups is 1. The Kier molecular flexibility index (Phi) is 2.63. The van der Waals surface area contributed by atoms with Gasteiger partial charge in [-0.15, -0.1) is 0 Å². The fraction of sp³-hybridized carbons (Fsp3) is 0.667. The van der Waals surface area contributed by atoms with Gasteiger partial charge in [0.05, 0.1) is 5.69 Å². The third-order valence-corrected chi connectivity index (χ3v) is 3.83. The topological polar surface area (TPSA) is 58.4 Å². The Labute approximate surface area is 100 Å². The molecule has 0 bridgehead atoms. The zero-order valence-electron chi connectivity index (χ0n) is 9.98. The van der Waals surface area contributed by atoms with Crippen molar-refractivity contribution in [3.05, 3.63) is 17.5 Å². The first-order valence-corrected chi connectivity index (χ1v) is 6.20. The summed E-state index contributed by atoms with van der Waals surface area (Å²) in [6.07, 6.45) is 2.29. The van der Waals surface area contributed by atoms with E-state index < -0.39 is 0 Å². The molecule has 0 aliphatic carbocycles. The van der Waals surface area contributed by atoms with Crippen LogP contribution in [0.1, 0.15) is 29.1 Å². The molecule has 17 heavy (non-hydrogen) atoms. The predicted octanol–water partition coefficient (Wildman–Crippen LogP) is 0.807. The van der Waals surface area contributed by atoms with Crippen LogP contribution in [0.25, 0.3) is 0 Å². The summed E-state index contributed by atoms with van der Waals surface area (Å²) < 4.78 is 5.06. The van der Waals surface area contributed by atoms with Crippen LogP contribution in [0.5, 0.6) is 0 Å². The molecule has 2 fully saturated rings. The summed E-state index contributed by atoms with van der Waals surface area (Å²) in [6, 6.07) is 2.05. The second kappa shape index (κ2) is 4.14. The third-order valence-electron chi connectivity index (χ3n) is 3.83. The lowest BCUT2D eigenvalue weighted by Crippen LogP contribution is -2.47. The number of nitrogens with one attached hydrogen (secondary N) is 1. The molecule has 92 valence electrons. The maximum absolute atomic E-state index is 12.3. The third kappa shape index (κ3) is 1.84. The molecule has 0 aromatic carbocycles. The second-order valence-electron chi connectivity index (χ2n) is 4.94. The predicted molar refractivity (Wildman–Crippen MR) is 61.7 cm³/mol. The Bertz CT molecular complexity index is 429. The SMILES string of the molecule is Cc1cc(C(=O)N2CCC3CCNCC32)on1. The molecule has 0 saturated carbocycles. The Morgan fingerprint density at radius 1 is 1.59 bits per heavy atom. The van der Waals surface area contributed by atoms with Crippen LogP contribution >= 0.6 is 0 Å². The van der Waals surface area contributed by atoms with E-state index in [9.17, 15) is 4.79 Å². The minimum absolute atomic E-state index is 0.0122. The molecule has 1 N–H and O–H groups in total. The van der Waals surface area contributed by atoms with Gasteiger partial charge in [-0.1, -0.05) is 5.16 Å². The monoisotopic (exact) mass is 235 g/mol. The van der Waals surface area contributed by atoms with Crippen molar-refractivity contribution in [1.29, 1.82) is 0 Å². The first-order chi connectivity index (χ1) is 8.25. The summed E-state index contributed by atoms with van der Waals surface area (Å²) in [5.74, 6) is 1.01. The van der Waals surface area contributed by atoms with E-state index in [4.69, 9.17) is 4.52 Å². The minimum atomic E-state index is -0.0122.